The molecule has 0 aromatic heterocycles. The number of hydrogen-bond donors (Lipinski definition) is 2. The summed E-state index contributed by atoms with van der Waals surface area (Å²) >= 11 is 0. The number of nitrogens with zero attached hydrogens (tertiary/aromatic N) is 1. The van der Waals surface area contributed by atoms with Crippen molar-refractivity contribution in [2.75, 3.05) is 19.0 Å². The number of anilines is 1. The first-order chi connectivity index (χ1) is 7.67. The van der Waals surface area contributed by atoms with Crippen molar-refractivity contribution >= 4 is 11.6 Å². The Morgan fingerprint density at radius 1 is 1.56 bits per heavy atom. The number of aliphatic imine (C=N–C) groups is 1. The third-order valence-corrected chi connectivity index (χ3v) is 1.93. The van der Waals surface area contributed by atoms with Gasteiger partial charge in [0.15, 0.2) is 5.96 Å². The Hall–Kier alpha value is -1.78. The molecule has 1 rings (SSSR count). The van der Waals surface area contributed by atoms with Crippen LogP contribution in [-0.2, 0) is 0 Å². The summed E-state index contributed by atoms with van der Waals surface area (Å²) in [6, 6.07) is 4.18. The molecule has 0 unspecified atom stereocenters. The monoisotopic (exact) mass is 225 g/mol. The highest BCUT2D eigenvalue weighted by Crippen LogP contribution is 2.24. The number of rotatable bonds is 4. The molecule has 0 aliphatic heterocycles. The normalized spacial score (nSPS) is 11.3. The minimum absolute atomic E-state index is 0.298. The average molecular weight is 225 g/mol. The van der Waals surface area contributed by atoms with E-state index in [0.29, 0.717) is 23.9 Å². The standard InChI is InChI=1S/C11H16FN3O/c1-3-6-14-11(13)15-9-5-4-8(12)7-10(9)16-2/h4-5,7H,3,6H2,1-2H3,(H3,13,14,15). The van der Waals surface area contributed by atoms with Crippen molar-refractivity contribution in [2.24, 2.45) is 10.7 Å². The first-order valence-electron chi connectivity index (χ1n) is 5.08. The molecule has 3 N–H and O–H groups in total. The van der Waals surface area contributed by atoms with E-state index in [1.165, 1.54) is 19.2 Å². The summed E-state index contributed by atoms with van der Waals surface area (Å²) in [6.45, 7) is 2.66. The van der Waals surface area contributed by atoms with Crippen molar-refractivity contribution in [3.63, 3.8) is 0 Å². The van der Waals surface area contributed by atoms with E-state index in [-0.39, 0.29) is 5.82 Å². The molecular weight excluding hydrogens is 209 g/mol. The molecule has 5 heteroatoms. The Kier molecular flexibility index (Phi) is 4.57. The van der Waals surface area contributed by atoms with Gasteiger partial charge in [-0.2, -0.15) is 0 Å². The number of nitrogens with two attached hydrogens (primary N) is 1. The molecule has 0 aliphatic carbocycles. The fourth-order valence-electron chi connectivity index (χ4n) is 1.18. The highest BCUT2D eigenvalue weighted by Gasteiger charge is 2.04. The zero-order chi connectivity index (χ0) is 12.0. The van der Waals surface area contributed by atoms with Crippen molar-refractivity contribution in [3.05, 3.63) is 24.0 Å². The molecule has 0 aliphatic rings. The Balaban J connectivity index is 2.80. The summed E-state index contributed by atoms with van der Waals surface area (Å²) < 4.78 is 17.9. The molecule has 88 valence electrons. The highest BCUT2D eigenvalue weighted by atomic mass is 19.1. The molecule has 0 atom stereocenters. The van der Waals surface area contributed by atoms with E-state index in [2.05, 4.69) is 10.3 Å². The Morgan fingerprint density at radius 3 is 2.94 bits per heavy atom. The van der Waals surface area contributed by atoms with E-state index < -0.39 is 0 Å². The summed E-state index contributed by atoms with van der Waals surface area (Å²) in [5.41, 5.74) is 6.24. The fraction of sp³-hybridized carbons (Fsp3) is 0.364. The molecule has 0 bridgehead atoms. The van der Waals surface area contributed by atoms with Crippen LogP contribution in [0.1, 0.15) is 13.3 Å². The maximum atomic E-state index is 12.9. The quantitative estimate of drug-likeness (QED) is 0.608. The van der Waals surface area contributed by atoms with Crippen LogP contribution in [0.4, 0.5) is 10.1 Å². The molecular formula is C11H16FN3O. The Labute approximate surface area is 94.3 Å². The average Bonchev–Trinajstić information content (AvgIpc) is 2.28. The number of nitrogens with one attached hydrogen (secondary N) is 1. The molecule has 1 aromatic carbocycles. The van der Waals surface area contributed by atoms with E-state index in [1.807, 2.05) is 6.92 Å². The van der Waals surface area contributed by atoms with Crippen molar-refractivity contribution in [1.29, 1.82) is 0 Å². The lowest BCUT2D eigenvalue weighted by atomic mass is 10.3. The molecule has 0 saturated heterocycles. The summed E-state index contributed by atoms with van der Waals surface area (Å²) in [6.07, 6.45) is 0.920. The van der Waals surface area contributed by atoms with E-state index in [4.69, 9.17) is 10.5 Å². The molecule has 4 nitrogen and oxygen atoms in total. The SMILES string of the molecule is CCCN=C(N)Nc1ccc(F)cc1OC. The van der Waals surface area contributed by atoms with Crippen molar-refractivity contribution in [3.8, 4) is 5.75 Å². The van der Waals surface area contributed by atoms with Crippen LogP contribution in [0.5, 0.6) is 5.75 Å². The zero-order valence-corrected chi connectivity index (χ0v) is 9.46. The van der Waals surface area contributed by atoms with Gasteiger partial charge in [-0.05, 0) is 18.6 Å². The lowest BCUT2D eigenvalue weighted by molar-refractivity contribution is 0.413. The van der Waals surface area contributed by atoms with Crippen LogP contribution >= 0.6 is 0 Å². The van der Waals surface area contributed by atoms with E-state index >= 15 is 0 Å². The van der Waals surface area contributed by atoms with Crippen LogP contribution in [0, 0.1) is 5.82 Å². The third kappa shape index (κ3) is 3.42. The molecule has 0 heterocycles. The van der Waals surface area contributed by atoms with Gasteiger partial charge in [-0.25, -0.2) is 4.39 Å². The van der Waals surface area contributed by atoms with Gasteiger partial charge in [0.05, 0.1) is 12.8 Å². The summed E-state index contributed by atoms with van der Waals surface area (Å²) in [5.74, 6) is 0.341. The predicted octanol–water partition coefficient (Wildman–Crippen LogP) is 1.97. The van der Waals surface area contributed by atoms with Gasteiger partial charge in [0.2, 0.25) is 0 Å². The van der Waals surface area contributed by atoms with Gasteiger partial charge >= 0.3 is 0 Å². The van der Waals surface area contributed by atoms with Crippen LogP contribution in [0.25, 0.3) is 0 Å². The molecule has 0 spiro atoms. The van der Waals surface area contributed by atoms with Crippen LogP contribution in [0.3, 0.4) is 0 Å². The van der Waals surface area contributed by atoms with E-state index in [1.54, 1.807) is 6.07 Å². The van der Waals surface area contributed by atoms with Crippen molar-refractivity contribution in [2.45, 2.75) is 13.3 Å². The van der Waals surface area contributed by atoms with Crippen LogP contribution in [0.2, 0.25) is 0 Å². The lowest BCUT2D eigenvalue weighted by Crippen LogP contribution is -2.23. The first-order valence-corrected chi connectivity index (χ1v) is 5.08. The summed E-state index contributed by atoms with van der Waals surface area (Å²) in [4.78, 5) is 4.07. The second kappa shape index (κ2) is 5.95. The maximum Gasteiger partial charge on any atom is 0.193 e. The Bertz CT molecular complexity index is 379. The van der Waals surface area contributed by atoms with Crippen molar-refractivity contribution in [1.82, 2.24) is 0 Å². The van der Waals surface area contributed by atoms with Gasteiger partial charge in [-0.15, -0.1) is 0 Å². The zero-order valence-electron chi connectivity index (χ0n) is 9.46. The van der Waals surface area contributed by atoms with Crippen molar-refractivity contribution < 1.29 is 9.13 Å². The molecule has 0 amide bonds. The van der Waals surface area contributed by atoms with Crippen LogP contribution < -0.4 is 15.8 Å². The van der Waals surface area contributed by atoms with Gasteiger partial charge in [-0.1, -0.05) is 6.92 Å². The van der Waals surface area contributed by atoms with Crippen LogP contribution in [-0.4, -0.2) is 19.6 Å². The third-order valence-electron chi connectivity index (χ3n) is 1.93. The first kappa shape index (κ1) is 12.3. The number of hydrogen-bond acceptors (Lipinski definition) is 2. The summed E-state index contributed by atoms with van der Waals surface area (Å²) in [5, 5.41) is 2.86. The largest absolute Gasteiger partial charge is 0.494 e. The minimum atomic E-state index is -0.355. The molecule has 1 aromatic rings. The lowest BCUT2D eigenvalue weighted by Gasteiger charge is -2.10. The second-order valence-corrected chi connectivity index (χ2v) is 3.24. The highest BCUT2D eigenvalue weighted by molar-refractivity contribution is 5.93. The topological polar surface area (TPSA) is 59.6 Å². The smallest absolute Gasteiger partial charge is 0.193 e. The van der Waals surface area contributed by atoms with Gasteiger partial charge in [0, 0.05) is 12.6 Å². The Morgan fingerprint density at radius 2 is 2.31 bits per heavy atom. The number of ether oxygens (including phenoxy) is 1. The van der Waals surface area contributed by atoms with Crippen LogP contribution in [0.15, 0.2) is 23.2 Å². The van der Waals surface area contributed by atoms with E-state index in [0.717, 1.165) is 6.42 Å². The second-order valence-electron chi connectivity index (χ2n) is 3.24. The molecule has 0 fully saturated rings. The number of benzene rings is 1. The van der Waals surface area contributed by atoms with Gasteiger partial charge < -0.3 is 15.8 Å². The number of methoxy groups -OCH3 is 1. The maximum absolute atomic E-state index is 12.9. The van der Waals surface area contributed by atoms with Gasteiger partial charge in [0.25, 0.3) is 0 Å². The number of guanidine groups is 1. The number of halogens is 1. The molecule has 16 heavy (non-hydrogen) atoms. The fourth-order valence-corrected chi connectivity index (χ4v) is 1.18. The van der Waals surface area contributed by atoms with Gasteiger partial charge in [-0.3, -0.25) is 4.99 Å². The molecule has 0 saturated carbocycles. The predicted molar refractivity (Wildman–Crippen MR) is 63.4 cm³/mol. The van der Waals surface area contributed by atoms with Gasteiger partial charge in [0.1, 0.15) is 11.6 Å². The molecule has 0 radical (unpaired) electrons. The minimum Gasteiger partial charge on any atom is -0.494 e. The van der Waals surface area contributed by atoms with E-state index in [9.17, 15) is 4.39 Å². The summed E-state index contributed by atoms with van der Waals surface area (Å²) in [7, 11) is 1.47.